The topological polar surface area (TPSA) is 89.6 Å². The zero-order valence-electron chi connectivity index (χ0n) is 9.55. The van der Waals surface area contributed by atoms with Gasteiger partial charge in [-0.2, -0.15) is 0 Å². The Bertz CT molecular complexity index is 397. The summed E-state index contributed by atoms with van der Waals surface area (Å²) in [5, 5.41) is 8.59. The van der Waals surface area contributed by atoms with Gasteiger partial charge < -0.3 is 15.6 Å². The highest BCUT2D eigenvalue weighted by Crippen LogP contribution is 2.07. The molecule has 92 valence electrons. The third kappa shape index (κ3) is 4.65. The lowest BCUT2D eigenvalue weighted by Crippen LogP contribution is -2.28. The second-order valence-electron chi connectivity index (χ2n) is 3.78. The highest BCUT2D eigenvalue weighted by atomic mass is 16.5. The number of carboxylic acids is 1. The molecule has 0 heterocycles. The SMILES string of the molecule is C[C@H](N)C(=O)OCc1ccc(CC(=O)O)cc1. The van der Waals surface area contributed by atoms with Crippen molar-refractivity contribution < 1.29 is 19.4 Å². The Morgan fingerprint density at radius 3 is 2.29 bits per heavy atom. The number of ether oxygens (including phenoxy) is 1. The normalized spacial score (nSPS) is 11.9. The minimum Gasteiger partial charge on any atom is -0.481 e. The Morgan fingerprint density at radius 2 is 1.82 bits per heavy atom. The van der Waals surface area contributed by atoms with E-state index in [1.54, 1.807) is 31.2 Å². The predicted molar refractivity (Wildman–Crippen MR) is 61.2 cm³/mol. The number of esters is 1. The molecule has 0 aromatic heterocycles. The Balaban J connectivity index is 2.51. The largest absolute Gasteiger partial charge is 0.481 e. The zero-order valence-corrected chi connectivity index (χ0v) is 9.55. The van der Waals surface area contributed by atoms with Crippen molar-refractivity contribution in [2.24, 2.45) is 5.73 Å². The van der Waals surface area contributed by atoms with Gasteiger partial charge in [0.25, 0.3) is 0 Å². The summed E-state index contributed by atoms with van der Waals surface area (Å²) in [6, 6.07) is 6.22. The summed E-state index contributed by atoms with van der Waals surface area (Å²) < 4.78 is 4.93. The summed E-state index contributed by atoms with van der Waals surface area (Å²) in [6.45, 7) is 1.70. The molecule has 0 saturated heterocycles. The third-order valence-electron chi connectivity index (χ3n) is 2.13. The Kier molecular flexibility index (Phi) is 4.66. The number of rotatable bonds is 5. The average Bonchev–Trinajstić information content (AvgIpc) is 2.26. The molecule has 0 unspecified atom stereocenters. The molecule has 1 aromatic carbocycles. The van der Waals surface area contributed by atoms with E-state index in [4.69, 9.17) is 15.6 Å². The molecule has 0 aliphatic heterocycles. The highest BCUT2D eigenvalue weighted by molar-refractivity contribution is 5.74. The van der Waals surface area contributed by atoms with E-state index in [9.17, 15) is 9.59 Å². The van der Waals surface area contributed by atoms with Crippen LogP contribution in [0.4, 0.5) is 0 Å². The van der Waals surface area contributed by atoms with Crippen molar-refractivity contribution in [2.75, 3.05) is 0 Å². The van der Waals surface area contributed by atoms with Gasteiger partial charge in [-0.15, -0.1) is 0 Å². The van der Waals surface area contributed by atoms with Gasteiger partial charge in [-0.05, 0) is 18.1 Å². The van der Waals surface area contributed by atoms with Gasteiger partial charge in [0.05, 0.1) is 6.42 Å². The minimum atomic E-state index is -0.874. The zero-order chi connectivity index (χ0) is 12.8. The summed E-state index contributed by atoms with van der Waals surface area (Å²) in [5.74, 6) is -1.33. The summed E-state index contributed by atoms with van der Waals surface area (Å²) in [7, 11) is 0. The first-order chi connectivity index (χ1) is 7.99. The number of carbonyl (C=O) groups excluding carboxylic acids is 1. The van der Waals surface area contributed by atoms with Gasteiger partial charge in [-0.25, -0.2) is 0 Å². The highest BCUT2D eigenvalue weighted by Gasteiger charge is 2.08. The first-order valence-corrected chi connectivity index (χ1v) is 5.21. The number of nitrogens with two attached hydrogens (primary N) is 1. The number of benzene rings is 1. The molecule has 0 spiro atoms. The van der Waals surface area contributed by atoms with Crippen LogP contribution in [-0.4, -0.2) is 23.1 Å². The van der Waals surface area contributed by atoms with Crippen LogP contribution in [0, 0.1) is 0 Å². The predicted octanol–water partition coefficient (Wildman–Crippen LogP) is 0.704. The van der Waals surface area contributed by atoms with Crippen molar-refractivity contribution in [1.82, 2.24) is 0 Å². The van der Waals surface area contributed by atoms with E-state index < -0.39 is 18.0 Å². The monoisotopic (exact) mass is 237 g/mol. The summed E-state index contributed by atoms with van der Waals surface area (Å²) in [6.07, 6.45) is -0.0140. The molecule has 0 saturated carbocycles. The first kappa shape index (κ1) is 13.2. The van der Waals surface area contributed by atoms with Crippen LogP contribution in [0.25, 0.3) is 0 Å². The fourth-order valence-electron chi connectivity index (χ4n) is 1.21. The van der Waals surface area contributed by atoms with Gasteiger partial charge >= 0.3 is 11.9 Å². The quantitative estimate of drug-likeness (QED) is 0.736. The lowest BCUT2D eigenvalue weighted by molar-refractivity contribution is -0.146. The van der Waals surface area contributed by atoms with Crippen LogP contribution in [0.2, 0.25) is 0 Å². The van der Waals surface area contributed by atoms with Crippen LogP contribution in [0.15, 0.2) is 24.3 Å². The number of hydrogen-bond acceptors (Lipinski definition) is 4. The van der Waals surface area contributed by atoms with Crippen molar-refractivity contribution in [2.45, 2.75) is 26.0 Å². The van der Waals surface area contributed by atoms with Crippen molar-refractivity contribution in [3.05, 3.63) is 35.4 Å². The summed E-state index contributed by atoms with van der Waals surface area (Å²) >= 11 is 0. The number of aliphatic carboxylic acids is 1. The second kappa shape index (κ2) is 6.00. The van der Waals surface area contributed by atoms with E-state index in [1.807, 2.05) is 0 Å². The molecule has 5 heteroatoms. The molecule has 1 aromatic rings. The summed E-state index contributed by atoms with van der Waals surface area (Å²) in [4.78, 5) is 21.6. The molecule has 17 heavy (non-hydrogen) atoms. The third-order valence-corrected chi connectivity index (χ3v) is 2.13. The molecule has 0 radical (unpaired) electrons. The van der Waals surface area contributed by atoms with Gasteiger partial charge in [0.2, 0.25) is 0 Å². The van der Waals surface area contributed by atoms with Crippen molar-refractivity contribution in [3.8, 4) is 0 Å². The van der Waals surface area contributed by atoms with Crippen LogP contribution >= 0.6 is 0 Å². The van der Waals surface area contributed by atoms with Crippen LogP contribution in [0.1, 0.15) is 18.1 Å². The summed E-state index contributed by atoms with van der Waals surface area (Å²) in [5.41, 5.74) is 6.85. The van der Waals surface area contributed by atoms with Gasteiger partial charge in [0, 0.05) is 0 Å². The molecular formula is C12H15NO4. The second-order valence-corrected chi connectivity index (χ2v) is 3.78. The molecule has 0 amide bonds. The smallest absolute Gasteiger partial charge is 0.322 e. The van der Waals surface area contributed by atoms with E-state index in [-0.39, 0.29) is 13.0 Å². The van der Waals surface area contributed by atoms with Crippen LogP contribution < -0.4 is 5.73 Å². The van der Waals surface area contributed by atoms with Crippen LogP contribution in [0.5, 0.6) is 0 Å². The van der Waals surface area contributed by atoms with Gasteiger partial charge in [-0.1, -0.05) is 24.3 Å². The number of carbonyl (C=O) groups is 2. The van der Waals surface area contributed by atoms with Gasteiger partial charge in [0.15, 0.2) is 0 Å². The molecule has 0 aliphatic rings. The standard InChI is InChI=1S/C12H15NO4/c1-8(13)12(16)17-7-10-4-2-9(3-5-10)6-11(14)15/h2-5,8H,6-7,13H2,1H3,(H,14,15)/t8-/m0/s1. The van der Waals surface area contributed by atoms with Gasteiger partial charge in [-0.3, -0.25) is 9.59 Å². The Morgan fingerprint density at radius 1 is 1.29 bits per heavy atom. The Labute approximate surface area is 99.2 Å². The molecular weight excluding hydrogens is 222 g/mol. The average molecular weight is 237 g/mol. The molecule has 0 aliphatic carbocycles. The van der Waals surface area contributed by atoms with E-state index in [1.165, 1.54) is 0 Å². The van der Waals surface area contributed by atoms with E-state index in [0.717, 1.165) is 5.56 Å². The lowest BCUT2D eigenvalue weighted by Gasteiger charge is -2.07. The fraction of sp³-hybridized carbons (Fsp3) is 0.333. The maximum atomic E-state index is 11.1. The maximum Gasteiger partial charge on any atom is 0.322 e. The van der Waals surface area contributed by atoms with Crippen molar-refractivity contribution in [1.29, 1.82) is 0 Å². The first-order valence-electron chi connectivity index (χ1n) is 5.21. The molecule has 0 bridgehead atoms. The number of hydrogen-bond donors (Lipinski definition) is 2. The maximum absolute atomic E-state index is 11.1. The van der Waals surface area contributed by atoms with Gasteiger partial charge in [0.1, 0.15) is 12.6 Å². The molecule has 1 atom stereocenters. The molecule has 5 nitrogen and oxygen atoms in total. The van der Waals surface area contributed by atoms with E-state index in [2.05, 4.69) is 0 Å². The molecule has 1 rings (SSSR count). The van der Waals surface area contributed by atoms with Crippen molar-refractivity contribution >= 4 is 11.9 Å². The molecule has 0 fully saturated rings. The number of carboxylic acid groups (broad SMARTS) is 1. The fourth-order valence-corrected chi connectivity index (χ4v) is 1.21. The van der Waals surface area contributed by atoms with Crippen LogP contribution in [0.3, 0.4) is 0 Å². The lowest BCUT2D eigenvalue weighted by atomic mass is 10.1. The van der Waals surface area contributed by atoms with E-state index >= 15 is 0 Å². The molecule has 3 N–H and O–H groups in total. The minimum absolute atomic E-state index is 0.0140. The Hall–Kier alpha value is -1.88. The van der Waals surface area contributed by atoms with Crippen molar-refractivity contribution in [3.63, 3.8) is 0 Å². The van der Waals surface area contributed by atoms with E-state index in [0.29, 0.717) is 5.56 Å². The van der Waals surface area contributed by atoms with Crippen LogP contribution in [-0.2, 0) is 27.4 Å².